The van der Waals surface area contributed by atoms with Crippen molar-refractivity contribution in [2.45, 2.75) is 26.3 Å². The Morgan fingerprint density at radius 1 is 0.872 bits per heavy atom. The van der Waals surface area contributed by atoms with Crippen LogP contribution in [0.1, 0.15) is 23.1 Å². The van der Waals surface area contributed by atoms with Gasteiger partial charge in [-0.1, -0.05) is 54.6 Å². The Kier molecular flexibility index (Phi) is 5.71. The molecule has 1 aliphatic rings. The average molecular weight is 516 g/mol. The molecule has 0 amide bonds. The van der Waals surface area contributed by atoms with Crippen molar-refractivity contribution in [3.63, 3.8) is 0 Å². The number of anilines is 1. The van der Waals surface area contributed by atoms with Crippen LogP contribution in [0.3, 0.4) is 0 Å². The largest absolute Gasteiger partial charge is 0.453 e. The summed E-state index contributed by atoms with van der Waals surface area (Å²) < 4.78 is 6.27. The van der Waals surface area contributed by atoms with Crippen LogP contribution in [0.15, 0.2) is 86.8 Å². The molecule has 2 N–H and O–H groups in total. The third kappa shape index (κ3) is 4.08. The van der Waals surface area contributed by atoms with Crippen molar-refractivity contribution >= 4 is 49.4 Å². The Labute approximate surface area is 224 Å². The van der Waals surface area contributed by atoms with Crippen LogP contribution in [-0.4, -0.2) is 29.5 Å². The van der Waals surface area contributed by atoms with Crippen molar-refractivity contribution in [1.29, 1.82) is 0 Å². The molecule has 0 spiro atoms. The van der Waals surface area contributed by atoms with E-state index in [4.69, 9.17) is 4.42 Å². The third-order valence-electron chi connectivity index (χ3n) is 7.95. The molecular formula is C33H29N3O3. The van der Waals surface area contributed by atoms with E-state index in [1.165, 1.54) is 11.1 Å². The summed E-state index contributed by atoms with van der Waals surface area (Å²) in [5.41, 5.74) is 6.82. The van der Waals surface area contributed by atoms with Crippen LogP contribution in [0.25, 0.3) is 43.7 Å². The van der Waals surface area contributed by atoms with Crippen molar-refractivity contribution in [2.75, 3.05) is 25.0 Å². The maximum absolute atomic E-state index is 13.8. The van der Waals surface area contributed by atoms with Crippen LogP contribution < -0.4 is 16.2 Å². The molecule has 0 unspecified atom stereocenters. The van der Waals surface area contributed by atoms with E-state index in [2.05, 4.69) is 39.5 Å². The smallest absolute Gasteiger partial charge is 0.196 e. The van der Waals surface area contributed by atoms with E-state index < -0.39 is 0 Å². The monoisotopic (exact) mass is 515 g/mol. The zero-order valence-corrected chi connectivity index (χ0v) is 21.8. The van der Waals surface area contributed by atoms with Gasteiger partial charge in [0, 0.05) is 48.7 Å². The fourth-order valence-corrected chi connectivity index (χ4v) is 5.97. The van der Waals surface area contributed by atoms with Gasteiger partial charge in [0.2, 0.25) is 0 Å². The molecule has 7 rings (SSSR count). The molecule has 0 bridgehead atoms. The zero-order chi connectivity index (χ0) is 26.5. The van der Waals surface area contributed by atoms with Gasteiger partial charge in [-0.25, -0.2) is 0 Å². The van der Waals surface area contributed by atoms with E-state index in [0.29, 0.717) is 50.5 Å². The van der Waals surface area contributed by atoms with Gasteiger partial charge < -0.3 is 14.7 Å². The number of H-pyrrole nitrogens is 1. The first kappa shape index (κ1) is 23.7. The summed E-state index contributed by atoms with van der Waals surface area (Å²) >= 11 is 0. The lowest BCUT2D eigenvalue weighted by molar-refractivity contribution is 0.253. The highest BCUT2D eigenvalue weighted by Gasteiger charge is 2.20. The molecule has 1 aliphatic heterocycles. The summed E-state index contributed by atoms with van der Waals surface area (Å²) in [4.78, 5) is 33.5. The van der Waals surface area contributed by atoms with Crippen LogP contribution >= 0.6 is 0 Å². The van der Waals surface area contributed by atoms with Gasteiger partial charge in [0.25, 0.3) is 0 Å². The Balaban J connectivity index is 1.28. The molecule has 1 aromatic heterocycles. The lowest BCUT2D eigenvalue weighted by atomic mass is 9.99. The molecule has 6 aromatic rings. The van der Waals surface area contributed by atoms with E-state index in [-0.39, 0.29) is 10.9 Å². The fourth-order valence-electron chi connectivity index (χ4n) is 5.97. The molecule has 0 fully saturated rings. The van der Waals surface area contributed by atoms with Gasteiger partial charge in [0.05, 0.1) is 21.8 Å². The van der Waals surface area contributed by atoms with Gasteiger partial charge in [0.15, 0.2) is 22.0 Å². The fraction of sp³-hybridized carbons (Fsp3) is 0.212. The molecule has 39 heavy (non-hydrogen) atoms. The Morgan fingerprint density at radius 2 is 1.62 bits per heavy atom. The van der Waals surface area contributed by atoms with Crippen LogP contribution in [0.4, 0.5) is 5.69 Å². The SMILES string of the molecule is Cc1ccc2oc3cc(NCCCN4CCc5ccccc5C4)c4c(=O)c5ccccc5c(=O)c4c3[nH]c2c1. The average Bonchev–Trinajstić information content (AvgIpc) is 2.96. The van der Waals surface area contributed by atoms with E-state index in [1.807, 2.05) is 31.2 Å². The van der Waals surface area contributed by atoms with Gasteiger partial charge in [0.1, 0.15) is 0 Å². The molecule has 2 heterocycles. The first-order valence-corrected chi connectivity index (χ1v) is 13.5. The second kappa shape index (κ2) is 9.40. The number of benzene rings is 5. The van der Waals surface area contributed by atoms with Crippen LogP contribution in [0, 0.1) is 6.92 Å². The number of aryl methyl sites for hydroxylation is 1. The topological polar surface area (TPSA) is 78.3 Å². The number of hydrogen-bond donors (Lipinski definition) is 2. The van der Waals surface area contributed by atoms with E-state index >= 15 is 0 Å². The molecule has 0 saturated heterocycles. The molecule has 0 saturated carbocycles. The van der Waals surface area contributed by atoms with Crippen LogP contribution in [-0.2, 0) is 13.0 Å². The number of hydrogen-bond acceptors (Lipinski definition) is 5. The van der Waals surface area contributed by atoms with Crippen LogP contribution in [0.5, 0.6) is 0 Å². The summed E-state index contributed by atoms with van der Waals surface area (Å²) in [6.07, 6.45) is 1.98. The molecule has 6 nitrogen and oxygen atoms in total. The van der Waals surface area contributed by atoms with Crippen molar-refractivity contribution in [1.82, 2.24) is 9.88 Å². The first-order valence-electron chi connectivity index (χ1n) is 13.5. The zero-order valence-electron chi connectivity index (χ0n) is 21.8. The van der Waals surface area contributed by atoms with Crippen LogP contribution in [0.2, 0.25) is 0 Å². The summed E-state index contributed by atoms with van der Waals surface area (Å²) in [7, 11) is 0. The minimum absolute atomic E-state index is 0.144. The summed E-state index contributed by atoms with van der Waals surface area (Å²) in [5, 5.41) is 5.15. The lowest BCUT2D eigenvalue weighted by Gasteiger charge is -2.28. The quantitative estimate of drug-likeness (QED) is 0.165. The number of nitrogens with zero attached hydrogens (tertiary/aromatic N) is 1. The number of rotatable bonds is 5. The number of fused-ring (bicyclic) bond motifs is 6. The summed E-state index contributed by atoms with van der Waals surface area (Å²) in [6, 6.07) is 23.5. The maximum Gasteiger partial charge on any atom is 0.196 e. The van der Waals surface area contributed by atoms with Gasteiger partial charge in [-0.05, 0) is 48.6 Å². The van der Waals surface area contributed by atoms with Gasteiger partial charge >= 0.3 is 0 Å². The maximum atomic E-state index is 13.8. The molecule has 5 aromatic carbocycles. The second-order valence-electron chi connectivity index (χ2n) is 10.6. The minimum Gasteiger partial charge on any atom is -0.453 e. The van der Waals surface area contributed by atoms with Crippen molar-refractivity contribution in [3.8, 4) is 0 Å². The van der Waals surface area contributed by atoms with E-state index in [9.17, 15) is 9.59 Å². The highest BCUT2D eigenvalue weighted by Crippen LogP contribution is 2.31. The van der Waals surface area contributed by atoms with E-state index in [1.54, 1.807) is 24.3 Å². The highest BCUT2D eigenvalue weighted by atomic mass is 16.3. The summed E-state index contributed by atoms with van der Waals surface area (Å²) in [5.74, 6) is 0. The number of nitrogens with one attached hydrogen (secondary N) is 2. The Hall–Kier alpha value is -4.42. The summed E-state index contributed by atoms with van der Waals surface area (Å²) in [6.45, 7) is 5.65. The normalized spacial score (nSPS) is 13.9. The molecule has 194 valence electrons. The van der Waals surface area contributed by atoms with Crippen molar-refractivity contribution < 1.29 is 4.42 Å². The Morgan fingerprint density at radius 3 is 2.44 bits per heavy atom. The van der Waals surface area contributed by atoms with E-state index in [0.717, 1.165) is 43.6 Å². The third-order valence-corrected chi connectivity index (χ3v) is 7.95. The Bertz CT molecular complexity index is 2020. The highest BCUT2D eigenvalue weighted by molar-refractivity contribution is 6.14. The van der Waals surface area contributed by atoms with Gasteiger partial charge in [-0.3, -0.25) is 14.5 Å². The molecule has 0 atom stereocenters. The van der Waals surface area contributed by atoms with Gasteiger partial charge in [-0.2, -0.15) is 0 Å². The predicted octanol–water partition coefficient (Wildman–Crippen LogP) is 6.11. The number of aromatic nitrogens is 1. The minimum atomic E-state index is -0.167. The molecular weight excluding hydrogens is 486 g/mol. The molecule has 0 radical (unpaired) electrons. The second-order valence-corrected chi connectivity index (χ2v) is 10.6. The standard InChI is InChI=1S/C33H29N3O3/c1-20-11-12-27-25(17-20)35-31-28(39-27)18-26(29-30(31)33(38)24-10-5-4-9-23(24)32(29)37)34-14-6-15-36-16-13-21-7-2-3-8-22(21)19-36/h2-5,7-12,17-18,34-35H,6,13-16,19H2,1H3. The predicted molar refractivity (Wildman–Crippen MR) is 159 cm³/mol. The van der Waals surface area contributed by atoms with Gasteiger partial charge in [-0.15, -0.1) is 0 Å². The van der Waals surface area contributed by atoms with Crippen molar-refractivity contribution in [3.05, 3.63) is 110 Å². The molecule has 6 heteroatoms. The molecule has 0 aliphatic carbocycles. The number of aromatic amines is 1. The lowest BCUT2D eigenvalue weighted by Crippen LogP contribution is -2.32. The first-order chi connectivity index (χ1) is 19.1. The van der Waals surface area contributed by atoms with Crippen molar-refractivity contribution in [2.24, 2.45) is 0 Å².